The molecule has 18 heavy (non-hydrogen) atoms. The molecule has 94 valence electrons. The first-order chi connectivity index (χ1) is 8.63. The second-order valence-electron chi connectivity index (χ2n) is 4.35. The second-order valence-corrected chi connectivity index (χ2v) is 4.35. The molecular formula is C14H16FN3. The van der Waals surface area contributed by atoms with E-state index in [1.54, 1.807) is 24.4 Å². The van der Waals surface area contributed by atoms with Crippen molar-refractivity contribution in [1.29, 1.82) is 0 Å². The summed E-state index contributed by atoms with van der Waals surface area (Å²) in [5.74, 6) is 0.582. The van der Waals surface area contributed by atoms with Gasteiger partial charge in [0, 0.05) is 6.04 Å². The number of nitrogen functional groups attached to an aromatic ring is 1. The molecule has 0 radical (unpaired) electrons. The molecule has 3 nitrogen and oxygen atoms in total. The van der Waals surface area contributed by atoms with Crippen LogP contribution in [0.15, 0.2) is 42.6 Å². The first-order valence-corrected chi connectivity index (χ1v) is 5.86. The van der Waals surface area contributed by atoms with E-state index in [1.807, 2.05) is 6.07 Å². The summed E-state index contributed by atoms with van der Waals surface area (Å²) >= 11 is 0. The summed E-state index contributed by atoms with van der Waals surface area (Å²) in [6, 6.07) is 10.4. The van der Waals surface area contributed by atoms with E-state index in [9.17, 15) is 4.39 Å². The number of anilines is 2. The maximum atomic E-state index is 12.8. The molecule has 0 spiro atoms. The monoisotopic (exact) mass is 245 g/mol. The number of pyridine rings is 1. The SMILES string of the molecule is CC(Cc1ccc(F)cc1)Nc1ccc(N)cn1. The number of hydrogen-bond donors (Lipinski definition) is 2. The van der Waals surface area contributed by atoms with Gasteiger partial charge in [-0.2, -0.15) is 0 Å². The van der Waals surface area contributed by atoms with Gasteiger partial charge in [-0.3, -0.25) is 0 Å². The number of nitrogens with zero attached hydrogens (tertiary/aromatic N) is 1. The van der Waals surface area contributed by atoms with Gasteiger partial charge in [0.25, 0.3) is 0 Å². The highest BCUT2D eigenvalue weighted by molar-refractivity contribution is 5.44. The minimum absolute atomic E-state index is 0.209. The Hall–Kier alpha value is -2.10. The number of aromatic nitrogens is 1. The average molecular weight is 245 g/mol. The highest BCUT2D eigenvalue weighted by Crippen LogP contribution is 2.11. The maximum absolute atomic E-state index is 12.8. The van der Waals surface area contributed by atoms with E-state index in [1.165, 1.54) is 12.1 Å². The lowest BCUT2D eigenvalue weighted by Crippen LogP contribution is -2.18. The standard InChI is InChI=1S/C14H16FN3/c1-10(8-11-2-4-12(15)5-3-11)18-14-7-6-13(16)9-17-14/h2-7,9-10H,8,16H2,1H3,(H,17,18). The van der Waals surface area contributed by atoms with Gasteiger partial charge >= 0.3 is 0 Å². The molecule has 0 aliphatic rings. The summed E-state index contributed by atoms with van der Waals surface area (Å²) in [6.07, 6.45) is 2.43. The van der Waals surface area contributed by atoms with Crippen LogP contribution >= 0.6 is 0 Å². The molecule has 0 saturated heterocycles. The van der Waals surface area contributed by atoms with Crippen molar-refractivity contribution in [3.8, 4) is 0 Å². The van der Waals surface area contributed by atoms with Crippen LogP contribution in [0.3, 0.4) is 0 Å². The number of nitrogens with two attached hydrogens (primary N) is 1. The minimum atomic E-state index is -0.209. The molecule has 0 amide bonds. The topological polar surface area (TPSA) is 50.9 Å². The largest absolute Gasteiger partial charge is 0.397 e. The molecule has 3 N–H and O–H groups in total. The van der Waals surface area contributed by atoms with Crippen molar-refractivity contribution in [1.82, 2.24) is 4.98 Å². The summed E-state index contributed by atoms with van der Waals surface area (Å²) in [7, 11) is 0. The Morgan fingerprint density at radius 3 is 2.56 bits per heavy atom. The van der Waals surface area contributed by atoms with Crippen LogP contribution in [0.1, 0.15) is 12.5 Å². The Balaban J connectivity index is 1.94. The molecule has 2 aromatic rings. The van der Waals surface area contributed by atoms with E-state index in [4.69, 9.17) is 5.73 Å². The molecule has 1 aromatic heterocycles. The molecule has 0 aliphatic heterocycles. The van der Waals surface area contributed by atoms with Crippen molar-refractivity contribution >= 4 is 11.5 Å². The molecular weight excluding hydrogens is 229 g/mol. The van der Waals surface area contributed by atoms with Crippen molar-refractivity contribution in [3.05, 3.63) is 54.0 Å². The third-order valence-electron chi connectivity index (χ3n) is 2.64. The third-order valence-corrected chi connectivity index (χ3v) is 2.64. The van der Waals surface area contributed by atoms with Crippen LogP contribution in [0.4, 0.5) is 15.9 Å². The summed E-state index contributed by atoms with van der Waals surface area (Å²) in [5, 5.41) is 3.27. The third kappa shape index (κ3) is 3.45. The number of halogens is 1. The molecule has 0 saturated carbocycles. The predicted octanol–water partition coefficient (Wildman–Crippen LogP) is 2.85. The average Bonchev–Trinajstić information content (AvgIpc) is 2.35. The summed E-state index contributed by atoms with van der Waals surface area (Å²) < 4.78 is 12.8. The smallest absolute Gasteiger partial charge is 0.126 e. The zero-order valence-electron chi connectivity index (χ0n) is 10.2. The van der Waals surface area contributed by atoms with Crippen molar-refractivity contribution in [2.75, 3.05) is 11.1 Å². The summed E-state index contributed by atoms with van der Waals surface area (Å²) in [6.45, 7) is 2.06. The van der Waals surface area contributed by atoms with E-state index in [2.05, 4.69) is 17.2 Å². The molecule has 2 rings (SSSR count). The van der Waals surface area contributed by atoms with Gasteiger partial charge in [-0.15, -0.1) is 0 Å². The fraction of sp³-hybridized carbons (Fsp3) is 0.214. The lowest BCUT2D eigenvalue weighted by Gasteiger charge is -2.14. The highest BCUT2D eigenvalue weighted by Gasteiger charge is 2.04. The van der Waals surface area contributed by atoms with E-state index in [0.717, 1.165) is 17.8 Å². The molecule has 0 aliphatic carbocycles. The first-order valence-electron chi connectivity index (χ1n) is 5.86. The van der Waals surface area contributed by atoms with Gasteiger partial charge in [-0.05, 0) is 43.2 Å². The predicted molar refractivity (Wildman–Crippen MR) is 71.8 cm³/mol. The zero-order chi connectivity index (χ0) is 13.0. The van der Waals surface area contributed by atoms with Crippen LogP contribution < -0.4 is 11.1 Å². The lowest BCUT2D eigenvalue weighted by atomic mass is 10.1. The van der Waals surface area contributed by atoms with E-state index >= 15 is 0 Å². The van der Waals surface area contributed by atoms with Gasteiger partial charge in [0.2, 0.25) is 0 Å². The van der Waals surface area contributed by atoms with Crippen molar-refractivity contribution in [3.63, 3.8) is 0 Å². The maximum Gasteiger partial charge on any atom is 0.126 e. The van der Waals surface area contributed by atoms with Gasteiger partial charge in [0.1, 0.15) is 11.6 Å². The molecule has 0 bridgehead atoms. The Morgan fingerprint density at radius 1 is 1.22 bits per heavy atom. The van der Waals surface area contributed by atoms with Crippen LogP contribution in [0.5, 0.6) is 0 Å². The normalized spacial score (nSPS) is 12.1. The number of hydrogen-bond acceptors (Lipinski definition) is 3. The fourth-order valence-corrected chi connectivity index (χ4v) is 1.77. The van der Waals surface area contributed by atoms with Crippen molar-refractivity contribution in [2.45, 2.75) is 19.4 Å². The molecule has 0 fully saturated rings. The van der Waals surface area contributed by atoms with Gasteiger partial charge in [0.15, 0.2) is 0 Å². The second kappa shape index (κ2) is 5.49. The Kier molecular flexibility index (Phi) is 3.77. The number of benzene rings is 1. The fourth-order valence-electron chi connectivity index (χ4n) is 1.77. The molecule has 1 unspecified atom stereocenters. The quantitative estimate of drug-likeness (QED) is 0.870. The van der Waals surface area contributed by atoms with Crippen LogP contribution in [0.25, 0.3) is 0 Å². The van der Waals surface area contributed by atoms with Gasteiger partial charge < -0.3 is 11.1 Å². The highest BCUT2D eigenvalue weighted by atomic mass is 19.1. The van der Waals surface area contributed by atoms with Gasteiger partial charge in [-0.1, -0.05) is 12.1 Å². The van der Waals surface area contributed by atoms with Crippen molar-refractivity contribution in [2.24, 2.45) is 0 Å². The van der Waals surface area contributed by atoms with Crippen LogP contribution in [-0.4, -0.2) is 11.0 Å². The number of rotatable bonds is 4. The Morgan fingerprint density at radius 2 is 1.94 bits per heavy atom. The number of nitrogens with one attached hydrogen (secondary N) is 1. The Labute approximate surface area is 106 Å². The van der Waals surface area contributed by atoms with E-state index in [0.29, 0.717) is 5.69 Å². The van der Waals surface area contributed by atoms with Crippen molar-refractivity contribution < 1.29 is 4.39 Å². The first kappa shape index (κ1) is 12.4. The zero-order valence-corrected chi connectivity index (χ0v) is 10.2. The molecule has 4 heteroatoms. The molecule has 1 heterocycles. The van der Waals surface area contributed by atoms with Crippen LogP contribution in [-0.2, 0) is 6.42 Å². The Bertz CT molecular complexity index is 446. The van der Waals surface area contributed by atoms with Gasteiger partial charge in [0.05, 0.1) is 11.9 Å². The van der Waals surface area contributed by atoms with E-state index in [-0.39, 0.29) is 11.9 Å². The summed E-state index contributed by atoms with van der Waals surface area (Å²) in [5.41, 5.74) is 7.30. The van der Waals surface area contributed by atoms with Gasteiger partial charge in [-0.25, -0.2) is 9.37 Å². The molecule has 1 aromatic carbocycles. The lowest BCUT2D eigenvalue weighted by molar-refractivity contribution is 0.626. The van der Waals surface area contributed by atoms with Crippen LogP contribution in [0.2, 0.25) is 0 Å². The minimum Gasteiger partial charge on any atom is -0.397 e. The molecule has 1 atom stereocenters. The summed E-state index contributed by atoms with van der Waals surface area (Å²) in [4.78, 5) is 4.18. The van der Waals surface area contributed by atoms with E-state index < -0.39 is 0 Å². The van der Waals surface area contributed by atoms with Crippen LogP contribution in [0, 0.1) is 5.82 Å².